The van der Waals surface area contributed by atoms with Gasteiger partial charge in [-0.2, -0.15) is 0 Å². The van der Waals surface area contributed by atoms with E-state index >= 15 is 0 Å². The fourth-order valence-corrected chi connectivity index (χ4v) is 1.78. The van der Waals surface area contributed by atoms with Gasteiger partial charge in [-0.25, -0.2) is 0 Å². The normalized spacial score (nSPS) is 10.5. The van der Waals surface area contributed by atoms with Gasteiger partial charge in [0, 0.05) is 6.07 Å². The number of hydrogen-bond donors (Lipinski definition) is 1. The van der Waals surface area contributed by atoms with E-state index in [1.165, 1.54) is 0 Å². The zero-order valence-corrected chi connectivity index (χ0v) is 11.2. The van der Waals surface area contributed by atoms with Crippen molar-refractivity contribution in [3.63, 3.8) is 0 Å². The molecule has 0 saturated carbocycles. The Labute approximate surface area is 120 Å². The van der Waals surface area contributed by atoms with E-state index in [0.717, 1.165) is 5.56 Å². The van der Waals surface area contributed by atoms with E-state index in [0.29, 0.717) is 23.9 Å². The van der Waals surface area contributed by atoms with Crippen LogP contribution in [0.4, 0.5) is 5.82 Å². The fourth-order valence-electron chi connectivity index (χ4n) is 1.78. The Bertz CT molecular complexity index is 748. The van der Waals surface area contributed by atoms with Gasteiger partial charge in [-0.15, -0.1) is 10.2 Å². The number of carbonyl (C=O) groups excluding carboxylic acids is 1. The summed E-state index contributed by atoms with van der Waals surface area (Å²) in [4.78, 5) is 11.9. The van der Waals surface area contributed by atoms with Crippen molar-refractivity contribution in [3.05, 3.63) is 59.5 Å². The molecule has 3 aromatic rings. The molecule has 0 radical (unpaired) electrons. The highest BCUT2D eigenvalue weighted by molar-refractivity contribution is 6.00. The second-order valence-corrected chi connectivity index (χ2v) is 4.44. The van der Waals surface area contributed by atoms with Gasteiger partial charge in [0.15, 0.2) is 5.82 Å². The van der Waals surface area contributed by atoms with E-state index in [2.05, 4.69) is 20.7 Å². The number of aromatic nitrogens is 3. The monoisotopic (exact) mass is 284 g/mol. The Hall–Kier alpha value is -2.96. The number of aryl methyl sites for hydroxylation is 1. The van der Waals surface area contributed by atoms with Crippen LogP contribution in [0.1, 0.15) is 27.9 Å². The predicted molar refractivity (Wildman–Crippen MR) is 72.7 cm³/mol. The molecule has 106 valence electrons. The van der Waals surface area contributed by atoms with E-state index in [-0.39, 0.29) is 5.89 Å². The van der Waals surface area contributed by atoms with Gasteiger partial charge in [0.25, 0.3) is 0 Å². The van der Waals surface area contributed by atoms with Crippen LogP contribution in [0.2, 0.25) is 0 Å². The van der Waals surface area contributed by atoms with Crippen LogP contribution < -0.4 is 5.32 Å². The number of nitrogens with zero attached hydrogens (tertiary/aromatic N) is 3. The summed E-state index contributed by atoms with van der Waals surface area (Å²) in [6.07, 6.45) is 0.476. The third-order valence-corrected chi connectivity index (χ3v) is 2.73. The molecule has 0 bridgehead atoms. The highest BCUT2D eigenvalue weighted by Gasteiger charge is 2.16. The van der Waals surface area contributed by atoms with Gasteiger partial charge in [0.2, 0.25) is 5.89 Å². The largest absolute Gasteiger partial charge is 0.417 e. The second kappa shape index (κ2) is 5.58. The standard InChI is InChI=1S/C14H12N4O3/c1-9-7-11(18-21-9)15-13(19)14-17-16-12(20-14)8-10-5-3-2-4-6-10/h2-7H,8H2,1H3,(H,15,18,19). The molecule has 0 atom stereocenters. The molecular formula is C14H12N4O3. The van der Waals surface area contributed by atoms with Crippen LogP contribution in [-0.2, 0) is 6.42 Å². The van der Waals surface area contributed by atoms with Gasteiger partial charge < -0.3 is 8.94 Å². The molecule has 21 heavy (non-hydrogen) atoms. The Morgan fingerprint density at radius 1 is 1.24 bits per heavy atom. The van der Waals surface area contributed by atoms with E-state index in [1.807, 2.05) is 30.3 Å². The Morgan fingerprint density at radius 3 is 2.76 bits per heavy atom. The fraction of sp³-hybridized carbons (Fsp3) is 0.143. The van der Waals surface area contributed by atoms with Gasteiger partial charge in [-0.05, 0) is 12.5 Å². The minimum absolute atomic E-state index is 0.110. The first-order valence-electron chi connectivity index (χ1n) is 6.32. The Morgan fingerprint density at radius 2 is 2.05 bits per heavy atom. The minimum atomic E-state index is -0.518. The topological polar surface area (TPSA) is 94.1 Å². The van der Waals surface area contributed by atoms with E-state index in [9.17, 15) is 4.79 Å². The van der Waals surface area contributed by atoms with Crippen molar-refractivity contribution >= 4 is 11.7 Å². The van der Waals surface area contributed by atoms with Crippen molar-refractivity contribution < 1.29 is 13.7 Å². The van der Waals surface area contributed by atoms with Crippen LogP contribution in [0.5, 0.6) is 0 Å². The minimum Gasteiger partial charge on any atom is -0.417 e. The molecule has 0 spiro atoms. The van der Waals surface area contributed by atoms with Crippen LogP contribution in [0, 0.1) is 6.92 Å². The van der Waals surface area contributed by atoms with Crippen molar-refractivity contribution in [1.29, 1.82) is 0 Å². The maximum Gasteiger partial charge on any atom is 0.314 e. The van der Waals surface area contributed by atoms with Crippen molar-refractivity contribution in [1.82, 2.24) is 15.4 Å². The summed E-state index contributed by atoms with van der Waals surface area (Å²) in [6.45, 7) is 1.73. The van der Waals surface area contributed by atoms with Crippen molar-refractivity contribution in [3.8, 4) is 0 Å². The van der Waals surface area contributed by atoms with Crippen molar-refractivity contribution in [2.75, 3.05) is 5.32 Å². The molecule has 2 aromatic heterocycles. The average Bonchev–Trinajstić information content (AvgIpc) is 3.09. The van der Waals surface area contributed by atoms with Gasteiger partial charge in [0.05, 0.1) is 6.42 Å². The summed E-state index contributed by atoms with van der Waals surface area (Å²) >= 11 is 0. The molecule has 3 rings (SSSR count). The first-order chi connectivity index (χ1) is 10.2. The highest BCUT2D eigenvalue weighted by atomic mass is 16.5. The van der Waals surface area contributed by atoms with E-state index in [4.69, 9.17) is 8.94 Å². The molecule has 0 fully saturated rings. The highest BCUT2D eigenvalue weighted by Crippen LogP contribution is 2.11. The van der Waals surface area contributed by atoms with Gasteiger partial charge in [0.1, 0.15) is 5.76 Å². The summed E-state index contributed by atoms with van der Waals surface area (Å²) in [6, 6.07) is 11.3. The predicted octanol–water partition coefficient (Wildman–Crippen LogP) is 2.21. The number of nitrogens with one attached hydrogen (secondary N) is 1. The van der Waals surface area contributed by atoms with Crippen LogP contribution in [0.3, 0.4) is 0 Å². The lowest BCUT2D eigenvalue weighted by atomic mass is 10.2. The van der Waals surface area contributed by atoms with E-state index < -0.39 is 5.91 Å². The number of anilines is 1. The summed E-state index contributed by atoms with van der Waals surface area (Å²) < 4.78 is 10.2. The SMILES string of the molecule is Cc1cc(NC(=O)c2nnc(Cc3ccccc3)o2)no1. The Balaban J connectivity index is 1.68. The van der Waals surface area contributed by atoms with Crippen LogP contribution in [-0.4, -0.2) is 21.3 Å². The summed E-state index contributed by atoms with van der Waals surface area (Å²) in [5.41, 5.74) is 1.03. The number of benzene rings is 1. The van der Waals surface area contributed by atoms with Crippen LogP contribution in [0.15, 0.2) is 45.3 Å². The zero-order valence-electron chi connectivity index (χ0n) is 11.2. The summed E-state index contributed by atoms with van der Waals surface area (Å²) in [7, 11) is 0. The third-order valence-electron chi connectivity index (χ3n) is 2.73. The number of rotatable bonds is 4. The first-order valence-corrected chi connectivity index (χ1v) is 6.32. The number of hydrogen-bond acceptors (Lipinski definition) is 6. The van der Waals surface area contributed by atoms with Crippen molar-refractivity contribution in [2.45, 2.75) is 13.3 Å². The number of carbonyl (C=O) groups is 1. The lowest BCUT2D eigenvalue weighted by molar-refractivity contribution is 0.0987. The molecule has 0 unspecified atom stereocenters. The Kier molecular flexibility index (Phi) is 3.46. The molecule has 7 nitrogen and oxygen atoms in total. The molecule has 0 aliphatic rings. The second-order valence-electron chi connectivity index (χ2n) is 4.44. The van der Waals surface area contributed by atoms with Crippen LogP contribution in [0.25, 0.3) is 0 Å². The average molecular weight is 284 g/mol. The molecule has 2 heterocycles. The lowest BCUT2D eigenvalue weighted by Gasteiger charge is -1.96. The first kappa shape index (κ1) is 13.0. The molecule has 0 saturated heterocycles. The summed E-state index contributed by atoms with van der Waals surface area (Å²) in [5.74, 6) is 0.653. The molecule has 0 aliphatic heterocycles. The lowest BCUT2D eigenvalue weighted by Crippen LogP contribution is -2.12. The molecule has 0 aliphatic carbocycles. The van der Waals surface area contributed by atoms with Gasteiger partial charge in [-0.3, -0.25) is 10.1 Å². The zero-order chi connectivity index (χ0) is 14.7. The van der Waals surface area contributed by atoms with Gasteiger partial charge >= 0.3 is 11.8 Å². The molecular weight excluding hydrogens is 272 g/mol. The van der Waals surface area contributed by atoms with E-state index in [1.54, 1.807) is 13.0 Å². The maximum atomic E-state index is 11.9. The maximum absolute atomic E-state index is 11.9. The molecule has 1 aromatic carbocycles. The molecule has 1 N–H and O–H groups in total. The molecule has 7 heteroatoms. The van der Waals surface area contributed by atoms with Crippen molar-refractivity contribution in [2.24, 2.45) is 0 Å². The molecule has 1 amide bonds. The third kappa shape index (κ3) is 3.14. The summed E-state index contributed by atoms with van der Waals surface area (Å²) in [5, 5.41) is 13.8. The smallest absolute Gasteiger partial charge is 0.314 e. The van der Waals surface area contributed by atoms with Gasteiger partial charge in [-0.1, -0.05) is 35.5 Å². The quantitative estimate of drug-likeness (QED) is 0.789. The van der Waals surface area contributed by atoms with Crippen LogP contribution >= 0.6 is 0 Å². The number of amides is 1.